The van der Waals surface area contributed by atoms with E-state index < -0.39 is 17.7 Å². The molecule has 12 heteroatoms. The normalized spacial score (nSPS) is 13.5. The minimum absolute atomic E-state index is 0.209. The monoisotopic (exact) mass is 586 g/mol. The van der Waals surface area contributed by atoms with Gasteiger partial charge in [-0.25, -0.2) is 14.6 Å². The average Bonchev–Trinajstić information content (AvgIpc) is 2.98. The summed E-state index contributed by atoms with van der Waals surface area (Å²) in [5.74, 6) is 0.0717. The van der Waals surface area contributed by atoms with Crippen LogP contribution in [0.5, 0.6) is 0 Å². The van der Waals surface area contributed by atoms with E-state index >= 15 is 0 Å². The molecule has 12 nitrogen and oxygen atoms in total. The Kier molecular flexibility index (Phi) is 10.0. The van der Waals surface area contributed by atoms with Gasteiger partial charge in [0.1, 0.15) is 17.2 Å². The molecular formula is C31H38N8O4. The molecule has 3 aromatic rings. The standard InChI is InChI=1S/C31H38N8O4/c1-6-38-14-16-39(17-15-38)24-12-13-25(26(18-24)36-30(41)43-31(3,4)5)35-29-33-20-22(19-32)27(37-29)34-23-10-8-21(9-11-23)28(40)42-7-2/h8-13,18,20H,6-7,14-17H2,1-5H3,(H,36,41)(H2,33,34,35,37). The molecule has 0 bridgehead atoms. The Labute approximate surface area is 252 Å². The van der Waals surface area contributed by atoms with E-state index in [2.05, 4.69) is 48.7 Å². The molecule has 2 heterocycles. The van der Waals surface area contributed by atoms with Crippen molar-refractivity contribution in [3.05, 3.63) is 59.8 Å². The van der Waals surface area contributed by atoms with Crippen LogP contribution in [0.3, 0.4) is 0 Å². The van der Waals surface area contributed by atoms with Gasteiger partial charge in [0.15, 0.2) is 5.82 Å². The van der Waals surface area contributed by atoms with Gasteiger partial charge < -0.3 is 29.9 Å². The highest BCUT2D eigenvalue weighted by Crippen LogP contribution is 2.31. The molecule has 0 saturated carbocycles. The SMILES string of the molecule is CCOC(=O)c1ccc(Nc2nc(Nc3ccc(N4CCN(CC)CC4)cc3NC(=O)OC(C)(C)C)ncc2C#N)cc1. The Bertz CT molecular complexity index is 1470. The number of carbonyl (C=O) groups excluding carboxylic acids is 2. The van der Waals surface area contributed by atoms with Crippen molar-refractivity contribution in [1.82, 2.24) is 14.9 Å². The van der Waals surface area contributed by atoms with Crippen LogP contribution in [0.2, 0.25) is 0 Å². The van der Waals surface area contributed by atoms with Crippen LogP contribution < -0.4 is 20.9 Å². The van der Waals surface area contributed by atoms with Gasteiger partial charge in [-0.3, -0.25) is 5.32 Å². The van der Waals surface area contributed by atoms with Gasteiger partial charge in [-0.2, -0.15) is 10.2 Å². The van der Waals surface area contributed by atoms with E-state index in [1.165, 1.54) is 6.20 Å². The number of rotatable bonds is 9. The number of anilines is 6. The molecule has 226 valence electrons. The Morgan fingerprint density at radius 3 is 2.35 bits per heavy atom. The lowest BCUT2D eigenvalue weighted by Crippen LogP contribution is -2.46. The van der Waals surface area contributed by atoms with Crippen LogP contribution in [0.4, 0.5) is 39.3 Å². The maximum absolute atomic E-state index is 12.8. The largest absolute Gasteiger partial charge is 0.462 e. The molecule has 1 amide bonds. The zero-order valence-corrected chi connectivity index (χ0v) is 25.2. The average molecular weight is 587 g/mol. The van der Waals surface area contributed by atoms with E-state index in [9.17, 15) is 14.9 Å². The quantitative estimate of drug-likeness (QED) is 0.273. The lowest BCUT2D eigenvalue weighted by Gasteiger charge is -2.35. The smallest absolute Gasteiger partial charge is 0.412 e. The van der Waals surface area contributed by atoms with Gasteiger partial charge in [0.2, 0.25) is 5.95 Å². The molecule has 1 saturated heterocycles. The number of nitriles is 1. The van der Waals surface area contributed by atoms with E-state index in [4.69, 9.17) is 9.47 Å². The number of likely N-dealkylation sites (N-methyl/N-ethyl adjacent to an activating group) is 1. The molecule has 0 atom stereocenters. The number of ether oxygens (including phenoxy) is 2. The number of nitrogens with one attached hydrogen (secondary N) is 3. The second-order valence-electron chi connectivity index (χ2n) is 10.9. The zero-order chi connectivity index (χ0) is 31.0. The summed E-state index contributed by atoms with van der Waals surface area (Å²) >= 11 is 0. The third-order valence-electron chi connectivity index (χ3n) is 6.64. The van der Waals surface area contributed by atoms with Gasteiger partial charge in [-0.1, -0.05) is 6.92 Å². The zero-order valence-electron chi connectivity index (χ0n) is 25.2. The summed E-state index contributed by atoms with van der Waals surface area (Å²) in [4.78, 5) is 38.2. The van der Waals surface area contributed by atoms with Crippen molar-refractivity contribution in [2.45, 2.75) is 40.2 Å². The van der Waals surface area contributed by atoms with E-state index in [-0.39, 0.29) is 23.9 Å². The van der Waals surface area contributed by atoms with Crippen molar-refractivity contribution in [3.8, 4) is 6.07 Å². The summed E-state index contributed by atoms with van der Waals surface area (Å²) in [6.07, 6.45) is 0.825. The molecule has 1 fully saturated rings. The fraction of sp³-hybridized carbons (Fsp3) is 0.387. The van der Waals surface area contributed by atoms with E-state index in [1.807, 2.05) is 18.2 Å². The number of amides is 1. The number of piperazine rings is 1. The third kappa shape index (κ3) is 8.56. The van der Waals surface area contributed by atoms with Gasteiger partial charge in [0.25, 0.3) is 0 Å². The first-order valence-electron chi connectivity index (χ1n) is 14.3. The number of nitrogens with zero attached hydrogens (tertiary/aromatic N) is 5. The van der Waals surface area contributed by atoms with Crippen LogP contribution >= 0.6 is 0 Å². The van der Waals surface area contributed by atoms with Gasteiger partial charge in [-0.05, 0) is 76.7 Å². The second-order valence-corrected chi connectivity index (χ2v) is 10.9. The first kappa shape index (κ1) is 31.1. The number of esters is 1. The molecular weight excluding hydrogens is 548 g/mol. The van der Waals surface area contributed by atoms with Crippen molar-refractivity contribution in [2.24, 2.45) is 0 Å². The molecule has 0 radical (unpaired) electrons. The number of carbonyl (C=O) groups is 2. The summed E-state index contributed by atoms with van der Waals surface area (Å²) in [7, 11) is 0. The minimum Gasteiger partial charge on any atom is -0.462 e. The van der Waals surface area contributed by atoms with E-state index in [0.717, 1.165) is 38.4 Å². The molecule has 0 spiro atoms. The highest BCUT2D eigenvalue weighted by Gasteiger charge is 2.21. The van der Waals surface area contributed by atoms with Crippen molar-refractivity contribution in [3.63, 3.8) is 0 Å². The molecule has 1 aliphatic heterocycles. The lowest BCUT2D eigenvalue weighted by atomic mass is 10.2. The number of benzene rings is 2. The first-order valence-corrected chi connectivity index (χ1v) is 14.3. The Balaban J connectivity index is 1.58. The molecule has 0 aliphatic carbocycles. The van der Waals surface area contributed by atoms with Crippen molar-refractivity contribution in [1.29, 1.82) is 5.26 Å². The van der Waals surface area contributed by atoms with E-state index in [1.54, 1.807) is 52.0 Å². The summed E-state index contributed by atoms with van der Waals surface area (Å²) in [6, 6.07) is 14.5. The predicted molar refractivity (Wildman–Crippen MR) is 166 cm³/mol. The highest BCUT2D eigenvalue weighted by atomic mass is 16.6. The fourth-order valence-electron chi connectivity index (χ4n) is 4.46. The highest BCUT2D eigenvalue weighted by molar-refractivity contribution is 5.92. The molecule has 4 rings (SSSR count). The molecule has 43 heavy (non-hydrogen) atoms. The van der Waals surface area contributed by atoms with Crippen LogP contribution in [0.25, 0.3) is 0 Å². The van der Waals surface area contributed by atoms with Crippen molar-refractivity contribution < 1.29 is 19.1 Å². The van der Waals surface area contributed by atoms with Gasteiger partial charge >= 0.3 is 12.1 Å². The Morgan fingerprint density at radius 2 is 1.72 bits per heavy atom. The summed E-state index contributed by atoms with van der Waals surface area (Å²) < 4.78 is 10.5. The minimum atomic E-state index is -0.670. The van der Waals surface area contributed by atoms with Crippen LogP contribution in [0.15, 0.2) is 48.7 Å². The number of aromatic nitrogens is 2. The van der Waals surface area contributed by atoms with Gasteiger partial charge in [-0.15, -0.1) is 0 Å². The number of hydrogen-bond donors (Lipinski definition) is 3. The van der Waals surface area contributed by atoms with Crippen LogP contribution in [-0.4, -0.2) is 71.9 Å². The molecule has 2 aromatic carbocycles. The Hall–Kier alpha value is -4.89. The maximum Gasteiger partial charge on any atom is 0.412 e. The maximum atomic E-state index is 12.8. The van der Waals surface area contributed by atoms with Crippen LogP contribution in [0.1, 0.15) is 50.5 Å². The van der Waals surface area contributed by atoms with Crippen LogP contribution in [-0.2, 0) is 9.47 Å². The summed E-state index contributed by atoms with van der Waals surface area (Å²) in [5, 5.41) is 18.8. The second kappa shape index (κ2) is 13.8. The van der Waals surface area contributed by atoms with Crippen molar-refractivity contribution >= 4 is 46.6 Å². The van der Waals surface area contributed by atoms with Gasteiger partial charge in [0.05, 0.1) is 29.7 Å². The fourth-order valence-corrected chi connectivity index (χ4v) is 4.46. The lowest BCUT2D eigenvalue weighted by molar-refractivity contribution is 0.0525. The number of hydrogen-bond acceptors (Lipinski definition) is 11. The summed E-state index contributed by atoms with van der Waals surface area (Å²) in [5.41, 5.74) is 2.62. The van der Waals surface area contributed by atoms with Crippen LogP contribution in [0, 0.1) is 11.3 Å². The molecule has 3 N–H and O–H groups in total. The first-order chi connectivity index (χ1) is 20.6. The molecule has 1 aliphatic rings. The van der Waals surface area contributed by atoms with Crippen molar-refractivity contribution in [2.75, 3.05) is 60.2 Å². The van der Waals surface area contributed by atoms with Gasteiger partial charge in [0, 0.05) is 37.6 Å². The van der Waals surface area contributed by atoms with E-state index in [0.29, 0.717) is 22.6 Å². The molecule has 1 aromatic heterocycles. The summed E-state index contributed by atoms with van der Waals surface area (Å²) in [6.45, 7) is 14.3. The topological polar surface area (TPSA) is 145 Å². The predicted octanol–water partition coefficient (Wildman–Crippen LogP) is 5.50. The third-order valence-corrected chi connectivity index (χ3v) is 6.64. The molecule has 0 unspecified atom stereocenters. The Morgan fingerprint density at radius 1 is 1.00 bits per heavy atom.